The highest BCUT2D eigenvalue weighted by atomic mass is 32.2. The molecule has 1 aromatic carbocycles. The summed E-state index contributed by atoms with van der Waals surface area (Å²) in [6, 6.07) is 1.98. The highest BCUT2D eigenvalue weighted by molar-refractivity contribution is 7.89. The Morgan fingerprint density at radius 3 is 2.31 bits per heavy atom. The summed E-state index contributed by atoms with van der Waals surface area (Å²) in [5.41, 5.74) is -1.60. The maximum absolute atomic E-state index is 12.5. The van der Waals surface area contributed by atoms with Gasteiger partial charge in [0.05, 0.1) is 9.82 Å². The van der Waals surface area contributed by atoms with Gasteiger partial charge in [-0.05, 0) is 6.07 Å². The van der Waals surface area contributed by atoms with Gasteiger partial charge in [-0.1, -0.05) is 0 Å². The molecule has 9 heteroatoms. The Morgan fingerprint density at radius 2 is 1.94 bits per heavy atom. The molecule has 2 N–H and O–H groups in total. The van der Waals surface area contributed by atoms with Crippen molar-refractivity contribution in [3.05, 3.63) is 33.9 Å². The van der Waals surface area contributed by atoms with Crippen molar-refractivity contribution in [1.29, 1.82) is 0 Å². The van der Waals surface area contributed by atoms with Crippen LogP contribution in [-0.2, 0) is 10.0 Å². The minimum atomic E-state index is -4.32. The van der Waals surface area contributed by atoms with Gasteiger partial charge in [-0.3, -0.25) is 10.1 Å². The van der Waals surface area contributed by atoms with E-state index in [9.17, 15) is 27.3 Å². The van der Waals surface area contributed by atoms with Crippen molar-refractivity contribution in [3.63, 3.8) is 0 Å². The zero-order chi connectivity index (χ0) is 12.5. The zero-order valence-corrected chi connectivity index (χ0v) is 8.45. The van der Waals surface area contributed by atoms with Crippen LogP contribution in [0, 0.1) is 10.1 Å². The number of non-ortho nitro benzene ring substituents is 1. The number of nitro benzene ring substituents is 1. The fourth-order valence-corrected chi connectivity index (χ4v) is 1.81. The van der Waals surface area contributed by atoms with E-state index in [1.807, 2.05) is 0 Å². The van der Waals surface area contributed by atoms with Gasteiger partial charge in [0.2, 0.25) is 10.0 Å². The average molecular weight is 252 g/mol. The predicted octanol–water partition coefficient (Wildman–Crippen LogP) is 1.18. The zero-order valence-electron chi connectivity index (χ0n) is 7.63. The summed E-state index contributed by atoms with van der Waals surface area (Å²) in [5.74, 6) is 0. The second-order valence-corrected chi connectivity index (χ2v) is 4.35. The van der Waals surface area contributed by atoms with Crippen LogP contribution in [0.5, 0.6) is 0 Å². The molecule has 6 nitrogen and oxygen atoms in total. The minimum absolute atomic E-state index is 0.490. The van der Waals surface area contributed by atoms with Crippen LogP contribution in [0.3, 0.4) is 0 Å². The van der Waals surface area contributed by atoms with E-state index in [0.717, 1.165) is 6.07 Å². The van der Waals surface area contributed by atoms with Crippen LogP contribution in [0.4, 0.5) is 14.5 Å². The van der Waals surface area contributed by atoms with Crippen LogP contribution in [0.25, 0.3) is 0 Å². The van der Waals surface area contributed by atoms with Crippen LogP contribution in [-0.4, -0.2) is 13.3 Å². The summed E-state index contributed by atoms with van der Waals surface area (Å²) < 4.78 is 46.7. The maximum atomic E-state index is 12.5. The number of hydrogen-bond acceptors (Lipinski definition) is 4. The van der Waals surface area contributed by atoms with Crippen LogP contribution in [0.2, 0.25) is 0 Å². The standard InChI is InChI=1S/C7H6F2N2O4S/c8-7(9)5-3-4(11(12)13)1-2-6(5)16(10,14)15/h1-3,7H,(H2,10,14,15). The van der Waals surface area contributed by atoms with Crippen molar-refractivity contribution >= 4 is 15.7 Å². The van der Waals surface area contributed by atoms with Gasteiger partial charge in [-0.2, -0.15) is 0 Å². The molecule has 88 valence electrons. The third kappa shape index (κ3) is 2.49. The van der Waals surface area contributed by atoms with Crippen molar-refractivity contribution in [2.24, 2.45) is 5.14 Å². The number of hydrogen-bond donors (Lipinski definition) is 1. The molecule has 0 amide bonds. The van der Waals surface area contributed by atoms with Crippen molar-refractivity contribution in [1.82, 2.24) is 0 Å². The van der Waals surface area contributed by atoms with E-state index in [2.05, 4.69) is 0 Å². The molecule has 1 aromatic rings. The molecule has 0 aliphatic carbocycles. The Hall–Kier alpha value is -1.61. The van der Waals surface area contributed by atoms with Gasteiger partial charge in [-0.25, -0.2) is 22.3 Å². The highest BCUT2D eigenvalue weighted by Gasteiger charge is 2.23. The van der Waals surface area contributed by atoms with Crippen LogP contribution in [0.15, 0.2) is 23.1 Å². The van der Waals surface area contributed by atoms with E-state index < -0.39 is 37.5 Å². The number of alkyl halides is 2. The molecule has 0 fully saturated rings. The molecule has 0 unspecified atom stereocenters. The lowest BCUT2D eigenvalue weighted by Gasteiger charge is -2.05. The molecule has 0 atom stereocenters. The van der Waals surface area contributed by atoms with Crippen molar-refractivity contribution in [2.45, 2.75) is 11.3 Å². The number of halogens is 2. The molecule has 0 spiro atoms. The Balaban J connectivity index is 3.49. The van der Waals surface area contributed by atoms with Crippen LogP contribution in [0.1, 0.15) is 12.0 Å². The number of nitrogens with two attached hydrogens (primary N) is 1. The molecule has 0 heterocycles. The normalized spacial score (nSPS) is 11.8. The Bertz CT molecular complexity index is 529. The van der Waals surface area contributed by atoms with Crippen molar-refractivity contribution < 1.29 is 22.1 Å². The van der Waals surface area contributed by atoms with Gasteiger partial charge < -0.3 is 0 Å². The molecule has 0 saturated carbocycles. The van der Waals surface area contributed by atoms with Crippen LogP contribution >= 0.6 is 0 Å². The van der Waals surface area contributed by atoms with E-state index in [-0.39, 0.29) is 0 Å². The molecule has 0 aliphatic rings. The molecule has 0 aromatic heterocycles. The van der Waals surface area contributed by atoms with Gasteiger partial charge in [0, 0.05) is 17.7 Å². The summed E-state index contributed by atoms with van der Waals surface area (Å²) in [6.07, 6.45) is -3.16. The third-order valence-corrected chi connectivity index (χ3v) is 2.73. The van der Waals surface area contributed by atoms with E-state index in [1.54, 1.807) is 0 Å². The van der Waals surface area contributed by atoms with Crippen molar-refractivity contribution in [3.8, 4) is 0 Å². The Kier molecular flexibility index (Phi) is 3.19. The lowest BCUT2D eigenvalue weighted by molar-refractivity contribution is -0.385. The second kappa shape index (κ2) is 4.10. The molecule has 0 aliphatic heterocycles. The second-order valence-electron chi connectivity index (χ2n) is 2.82. The van der Waals surface area contributed by atoms with E-state index in [0.29, 0.717) is 12.1 Å². The van der Waals surface area contributed by atoms with Gasteiger partial charge in [0.1, 0.15) is 0 Å². The fourth-order valence-electron chi connectivity index (χ4n) is 1.08. The van der Waals surface area contributed by atoms with Gasteiger partial charge in [-0.15, -0.1) is 0 Å². The van der Waals surface area contributed by atoms with Gasteiger partial charge >= 0.3 is 0 Å². The first-order chi connectivity index (χ1) is 7.23. The molecule has 0 bridgehead atoms. The molecule has 16 heavy (non-hydrogen) atoms. The van der Waals surface area contributed by atoms with Gasteiger partial charge in [0.15, 0.2) is 0 Å². The maximum Gasteiger partial charge on any atom is 0.269 e. The van der Waals surface area contributed by atoms with Crippen LogP contribution < -0.4 is 5.14 Å². The lowest BCUT2D eigenvalue weighted by atomic mass is 10.2. The molecular formula is C7H6F2N2O4S. The van der Waals surface area contributed by atoms with E-state index in [1.165, 1.54) is 0 Å². The summed E-state index contributed by atoms with van der Waals surface area (Å²) in [6.45, 7) is 0. The topological polar surface area (TPSA) is 103 Å². The number of nitro groups is 1. The quantitative estimate of drug-likeness (QED) is 0.644. The monoisotopic (exact) mass is 252 g/mol. The fraction of sp³-hybridized carbons (Fsp3) is 0.143. The number of benzene rings is 1. The SMILES string of the molecule is NS(=O)(=O)c1ccc([N+](=O)[O-])cc1C(F)F. The first-order valence-corrected chi connectivity index (χ1v) is 5.37. The summed E-state index contributed by atoms with van der Waals surface area (Å²) >= 11 is 0. The molecule has 0 radical (unpaired) electrons. The average Bonchev–Trinajstić information content (AvgIpc) is 2.15. The summed E-state index contributed by atoms with van der Waals surface area (Å²) in [5, 5.41) is 15.0. The highest BCUT2D eigenvalue weighted by Crippen LogP contribution is 2.29. The van der Waals surface area contributed by atoms with E-state index >= 15 is 0 Å². The van der Waals surface area contributed by atoms with E-state index in [4.69, 9.17) is 5.14 Å². The molecular weight excluding hydrogens is 246 g/mol. The van der Waals surface area contributed by atoms with Crippen molar-refractivity contribution in [2.75, 3.05) is 0 Å². The predicted molar refractivity (Wildman–Crippen MR) is 49.4 cm³/mol. The molecule has 1 rings (SSSR count). The third-order valence-electron chi connectivity index (χ3n) is 1.75. The lowest BCUT2D eigenvalue weighted by Crippen LogP contribution is -2.15. The number of primary sulfonamides is 1. The van der Waals surface area contributed by atoms with Gasteiger partial charge in [0.25, 0.3) is 12.1 Å². The summed E-state index contributed by atoms with van der Waals surface area (Å²) in [7, 11) is -4.32. The number of rotatable bonds is 3. The largest absolute Gasteiger partial charge is 0.269 e. The smallest absolute Gasteiger partial charge is 0.258 e. The first-order valence-electron chi connectivity index (χ1n) is 3.83. The number of nitrogens with zero attached hydrogens (tertiary/aromatic N) is 1. The minimum Gasteiger partial charge on any atom is -0.258 e. The molecule has 0 saturated heterocycles. The Morgan fingerprint density at radius 1 is 1.38 bits per heavy atom. The first kappa shape index (κ1) is 12.5. The number of sulfonamides is 1. The Labute approximate surface area is 88.9 Å². The summed E-state index contributed by atoms with van der Waals surface area (Å²) in [4.78, 5) is 8.60.